The fourth-order valence-corrected chi connectivity index (χ4v) is 2.15. The van der Waals surface area contributed by atoms with Gasteiger partial charge < -0.3 is 24.5 Å². The molecule has 0 aliphatic heterocycles. The highest BCUT2D eigenvalue weighted by atomic mass is 127. The number of halogens is 1. The first-order chi connectivity index (χ1) is 12.3. The van der Waals surface area contributed by atoms with E-state index in [1.165, 1.54) is 7.11 Å². The van der Waals surface area contributed by atoms with Crippen LogP contribution in [-0.4, -0.2) is 45.3 Å². The van der Waals surface area contributed by atoms with E-state index < -0.39 is 0 Å². The molecule has 0 spiro atoms. The zero-order valence-corrected chi connectivity index (χ0v) is 18.1. The van der Waals surface area contributed by atoms with Crippen LogP contribution in [0.3, 0.4) is 0 Å². The van der Waals surface area contributed by atoms with Crippen LogP contribution in [0.25, 0.3) is 0 Å². The molecule has 0 bridgehead atoms. The second-order valence-corrected chi connectivity index (χ2v) is 5.56. The van der Waals surface area contributed by atoms with Gasteiger partial charge in [0.15, 0.2) is 5.96 Å². The smallest absolute Gasteiger partial charge is 0.305 e. The first kappa shape index (κ1) is 24.7. The molecule has 150 valence electrons. The molecule has 0 amide bonds. The summed E-state index contributed by atoms with van der Waals surface area (Å²) in [4.78, 5) is 15.5. The summed E-state index contributed by atoms with van der Waals surface area (Å²) in [6.45, 7) is 5.55. The zero-order valence-electron chi connectivity index (χ0n) is 15.8. The van der Waals surface area contributed by atoms with E-state index >= 15 is 0 Å². The van der Waals surface area contributed by atoms with Gasteiger partial charge in [0.05, 0.1) is 13.4 Å². The summed E-state index contributed by atoms with van der Waals surface area (Å²) in [6, 6.07) is 3.75. The number of methoxy groups -OCH3 is 1. The van der Waals surface area contributed by atoms with E-state index in [-0.39, 0.29) is 29.9 Å². The van der Waals surface area contributed by atoms with E-state index in [2.05, 4.69) is 20.4 Å². The molecule has 2 N–H and O–H groups in total. The van der Waals surface area contributed by atoms with Gasteiger partial charge in [0.25, 0.3) is 0 Å². The zero-order chi connectivity index (χ0) is 18.2. The van der Waals surface area contributed by atoms with E-state index in [1.54, 1.807) is 6.26 Å². The standard InChI is InChI=1S/C18H31N3O4.HI/c1-3-19-18(20-11-6-4-5-10-17(22)23-2)21-12-8-13-24-15-16-9-7-14-25-16;/h7,9,14H,3-6,8,10-13,15H2,1-2H3,(H2,19,20,21);1H. The third kappa shape index (κ3) is 13.0. The number of nitrogens with one attached hydrogen (secondary N) is 2. The number of furan rings is 1. The van der Waals surface area contributed by atoms with Gasteiger partial charge in [-0.2, -0.15) is 0 Å². The molecule has 0 radical (unpaired) electrons. The highest BCUT2D eigenvalue weighted by Crippen LogP contribution is 2.02. The van der Waals surface area contributed by atoms with Crippen molar-refractivity contribution in [1.29, 1.82) is 0 Å². The highest BCUT2D eigenvalue weighted by Gasteiger charge is 2.00. The van der Waals surface area contributed by atoms with Gasteiger partial charge in [-0.3, -0.25) is 9.79 Å². The second kappa shape index (κ2) is 17.1. The molecule has 7 nitrogen and oxygen atoms in total. The van der Waals surface area contributed by atoms with Crippen molar-refractivity contribution in [1.82, 2.24) is 10.6 Å². The Labute approximate surface area is 173 Å². The molecule has 0 unspecified atom stereocenters. The summed E-state index contributed by atoms with van der Waals surface area (Å²) in [5.74, 6) is 1.52. The van der Waals surface area contributed by atoms with Gasteiger partial charge in [0.1, 0.15) is 12.4 Å². The average molecular weight is 481 g/mol. The Morgan fingerprint density at radius 3 is 2.77 bits per heavy atom. The minimum absolute atomic E-state index is 0. The summed E-state index contributed by atoms with van der Waals surface area (Å²) in [5.41, 5.74) is 0. The fourth-order valence-electron chi connectivity index (χ4n) is 2.15. The molecule has 0 saturated carbocycles. The van der Waals surface area contributed by atoms with E-state index in [0.29, 0.717) is 26.2 Å². The molecule has 1 aromatic rings. The highest BCUT2D eigenvalue weighted by molar-refractivity contribution is 14.0. The number of ether oxygens (including phenoxy) is 2. The number of guanidine groups is 1. The number of hydrogen-bond donors (Lipinski definition) is 2. The molecule has 1 rings (SSSR count). The Morgan fingerprint density at radius 2 is 2.08 bits per heavy atom. The number of carbonyl (C=O) groups excluding carboxylic acids is 1. The van der Waals surface area contributed by atoms with Crippen molar-refractivity contribution in [2.75, 3.05) is 33.4 Å². The molecular weight excluding hydrogens is 449 g/mol. The van der Waals surface area contributed by atoms with Crippen molar-refractivity contribution < 1.29 is 18.7 Å². The second-order valence-electron chi connectivity index (χ2n) is 5.56. The molecule has 1 aromatic heterocycles. The fraction of sp³-hybridized carbons (Fsp3) is 0.667. The predicted molar refractivity (Wildman–Crippen MR) is 113 cm³/mol. The predicted octanol–water partition coefficient (Wildman–Crippen LogP) is 3.09. The van der Waals surface area contributed by atoms with Crippen LogP contribution in [0.2, 0.25) is 0 Å². The lowest BCUT2D eigenvalue weighted by Gasteiger charge is -2.11. The van der Waals surface area contributed by atoms with Crippen LogP contribution >= 0.6 is 24.0 Å². The van der Waals surface area contributed by atoms with Gasteiger partial charge in [-0.05, 0) is 38.3 Å². The number of rotatable bonds is 13. The van der Waals surface area contributed by atoms with E-state index in [4.69, 9.17) is 9.15 Å². The topological polar surface area (TPSA) is 85.1 Å². The minimum Gasteiger partial charge on any atom is -0.469 e. The van der Waals surface area contributed by atoms with Crippen LogP contribution in [0.1, 0.15) is 44.8 Å². The van der Waals surface area contributed by atoms with Crippen LogP contribution < -0.4 is 10.6 Å². The third-order valence-corrected chi connectivity index (χ3v) is 3.46. The molecule has 0 fully saturated rings. The normalized spacial score (nSPS) is 10.9. The molecule has 0 saturated heterocycles. The maximum Gasteiger partial charge on any atom is 0.305 e. The van der Waals surface area contributed by atoms with Crippen LogP contribution in [0.4, 0.5) is 0 Å². The van der Waals surface area contributed by atoms with Crippen molar-refractivity contribution >= 4 is 35.9 Å². The van der Waals surface area contributed by atoms with Gasteiger partial charge in [-0.15, -0.1) is 24.0 Å². The summed E-state index contributed by atoms with van der Waals surface area (Å²) < 4.78 is 15.4. The lowest BCUT2D eigenvalue weighted by Crippen LogP contribution is -2.37. The van der Waals surface area contributed by atoms with Gasteiger partial charge in [-0.1, -0.05) is 6.42 Å². The molecule has 0 aliphatic carbocycles. The summed E-state index contributed by atoms with van der Waals surface area (Å²) in [7, 11) is 1.42. The number of carbonyl (C=O) groups is 1. The van der Waals surface area contributed by atoms with Gasteiger partial charge >= 0.3 is 5.97 Å². The largest absolute Gasteiger partial charge is 0.469 e. The van der Waals surface area contributed by atoms with Crippen molar-refractivity contribution in [3.63, 3.8) is 0 Å². The Kier molecular flexibility index (Phi) is 16.3. The summed E-state index contributed by atoms with van der Waals surface area (Å²) in [5, 5.41) is 6.53. The Bertz CT molecular complexity index is 481. The number of aliphatic imine (C=N–C) groups is 1. The molecule has 0 atom stereocenters. The Hall–Kier alpha value is -1.29. The lowest BCUT2D eigenvalue weighted by molar-refractivity contribution is -0.140. The average Bonchev–Trinajstić information content (AvgIpc) is 3.13. The molecular formula is C18H32IN3O4. The molecule has 0 aromatic carbocycles. The van der Waals surface area contributed by atoms with Crippen molar-refractivity contribution in [2.45, 2.75) is 45.6 Å². The van der Waals surface area contributed by atoms with E-state index in [0.717, 1.165) is 50.5 Å². The Balaban J connectivity index is 0.00000625. The molecule has 0 aliphatic rings. The van der Waals surface area contributed by atoms with Gasteiger partial charge in [-0.25, -0.2) is 0 Å². The number of hydrogen-bond acceptors (Lipinski definition) is 5. The van der Waals surface area contributed by atoms with Gasteiger partial charge in [0.2, 0.25) is 0 Å². The lowest BCUT2D eigenvalue weighted by atomic mass is 10.2. The van der Waals surface area contributed by atoms with E-state index in [1.807, 2.05) is 19.1 Å². The number of unbranched alkanes of at least 4 members (excludes halogenated alkanes) is 2. The quantitative estimate of drug-likeness (QED) is 0.148. The maximum absolute atomic E-state index is 11.0. The van der Waals surface area contributed by atoms with Crippen LogP contribution in [0, 0.1) is 0 Å². The third-order valence-electron chi connectivity index (χ3n) is 3.46. The van der Waals surface area contributed by atoms with Crippen LogP contribution in [0.5, 0.6) is 0 Å². The van der Waals surface area contributed by atoms with Crippen molar-refractivity contribution in [3.05, 3.63) is 24.2 Å². The summed E-state index contributed by atoms with van der Waals surface area (Å²) >= 11 is 0. The van der Waals surface area contributed by atoms with Gasteiger partial charge in [0, 0.05) is 32.7 Å². The monoisotopic (exact) mass is 481 g/mol. The van der Waals surface area contributed by atoms with Crippen molar-refractivity contribution in [2.24, 2.45) is 4.99 Å². The first-order valence-corrected chi connectivity index (χ1v) is 8.95. The first-order valence-electron chi connectivity index (χ1n) is 8.95. The Morgan fingerprint density at radius 1 is 1.23 bits per heavy atom. The van der Waals surface area contributed by atoms with Crippen molar-refractivity contribution in [3.8, 4) is 0 Å². The van der Waals surface area contributed by atoms with E-state index in [9.17, 15) is 4.79 Å². The molecule has 26 heavy (non-hydrogen) atoms. The molecule has 8 heteroatoms. The van der Waals surface area contributed by atoms with Crippen LogP contribution in [0.15, 0.2) is 27.8 Å². The number of esters is 1. The number of nitrogens with zero attached hydrogens (tertiary/aromatic N) is 1. The van der Waals surface area contributed by atoms with Crippen LogP contribution in [-0.2, 0) is 20.9 Å². The molecule has 1 heterocycles. The minimum atomic E-state index is -0.142. The maximum atomic E-state index is 11.0. The SMILES string of the molecule is CCNC(=NCCCOCc1ccco1)NCCCCCC(=O)OC.I. The summed E-state index contributed by atoms with van der Waals surface area (Å²) in [6.07, 6.45) is 5.83.